The fourth-order valence-corrected chi connectivity index (χ4v) is 3.40. The number of hydrogen-bond acceptors (Lipinski definition) is 5. The number of ether oxygens (including phenoxy) is 2. The summed E-state index contributed by atoms with van der Waals surface area (Å²) >= 11 is 5.23. The molecule has 1 aromatic rings. The van der Waals surface area contributed by atoms with Crippen LogP contribution in [0.15, 0.2) is 15.2 Å². The molecule has 0 N–H and O–H groups in total. The summed E-state index contributed by atoms with van der Waals surface area (Å²) in [7, 11) is 1.41. The van der Waals surface area contributed by atoms with Gasteiger partial charge in [0.25, 0.3) is 0 Å². The number of rotatable bonds is 4. The average Bonchev–Trinajstić information content (AvgIpc) is 2.75. The molecule has 1 fully saturated rings. The highest BCUT2D eigenvalue weighted by Crippen LogP contribution is 2.23. The predicted molar refractivity (Wildman–Crippen MR) is 73.7 cm³/mol. The Labute approximate surface area is 119 Å². The topological polar surface area (TPSA) is 38.8 Å². The first-order valence-corrected chi connectivity index (χ1v) is 7.54. The molecule has 0 unspecified atom stereocenters. The van der Waals surface area contributed by atoms with E-state index in [-0.39, 0.29) is 12.1 Å². The minimum atomic E-state index is -0.210. The summed E-state index contributed by atoms with van der Waals surface area (Å²) in [4.78, 5) is 13.5. The highest BCUT2D eigenvalue weighted by molar-refractivity contribution is 9.10. The first kappa shape index (κ1) is 14.0. The molecule has 6 heteroatoms. The third-order valence-corrected chi connectivity index (χ3v) is 4.76. The molecule has 4 nitrogen and oxygen atoms in total. The zero-order chi connectivity index (χ0) is 13.0. The van der Waals surface area contributed by atoms with E-state index in [0.717, 1.165) is 24.1 Å². The van der Waals surface area contributed by atoms with E-state index in [4.69, 9.17) is 4.74 Å². The van der Waals surface area contributed by atoms with Crippen LogP contribution in [0.1, 0.15) is 12.0 Å². The summed E-state index contributed by atoms with van der Waals surface area (Å²) < 4.78 is 11.4. The molecule has 1 aliphatic rings. The number of esters is 1. The van der Waals surface area contributed by atoms with E-state index in [1.807, 2.05) is 0 Å². The van der Waals surface area contributed by atoms with Crippen molar-refractivity contribution in [1.29, 1.82) is 0 Å². The van der Waals surface area contributed by atoms with Gasteiger partial charge < -0.3 is 9.47 Å². The molecular weight excluding hydrogens is 318 g/mol. The standard InChI is InChI=1S/C12H16BrNO3S/c1-16-12(15)4-10-6-14(2-3-17-10)5-9-7-18-8-11(9)13/h7-8,10H,2-6H2,1H3/t10-/m0/s1. The van der Waals surface area contributed by atoms with Gasteiger partial charge in [-0.3, -0.25) is 9.69 Å². The molecule has 18 heavy (non-hydrogen) atoms. The summed E-state index contributed by atoms with van der Waals surface area (Å²) in [6.07, 6.45) is 0.279. The molecule has 1 saturated heterocycles. The molecule has 0 amide bonds. The molecule has 2 heterocycles. The Balaban J connectivity index is 1.87. The summed E-state index contributed by atoms with van der Waals surface area (Å²) in [5.74, 6) is -0.210. The van der Waals surface area contributed by atoms with E-state index in [9.17, 15) is 4.79 Å². The normalized spacial score (nSPS) is 20.9. The lowest BCUT2D eigenvalue weighted by molar-refractivity contribution is -0.145. The largest absolute Gasteiger partial charge is 0.469 e. The van der Waals surface area contributed by atoms with Crippen LogP contribution in [0.4, 0.5) is 0 Å². The third kappa shape index (κ3) is 3.78. The zero-order valence-electron chi connectivity index (χ0n) is 10.2. The van der Waals surface area contributed by atoms with Gasteiger partial charge >= 0.3 is 5.97 Å². The van der Waals surface area contributed by atoms with E-state index >= 15 is 0 Å². The number of morpholine rings is 1. The van der Waals surface area contributed by atoms with E-state index in [2.05, 4.69) is 36.3 Å². The van der Waals surface area contributed by atoms with Crippen molar-refractivity contribution in [3.8, 4) is 0 Å². The molecule has 0 spiro atoms. The van der Waals surface area contributed by atoms with Crippen LogP contribution in [0.3, 0.4) is 0 Å². The molecule has 0 radical (unpaired) electrons. The SMILES string of the molecule is COC(=O)C[C@H]1CN(Cc2cscc2Br)CCO1. The maximum Gasteiger partial charge on any atom is 0.308 e. The molecule has 1 aliphatic heterocycles. The van der Waals surface area contributed by atoms with Crippen LogP contribution in [-0.2, 0) is 20.8 Å². The number of thiophene rings is 1. The van der Waals surface area contributed by atoms with Crippen molar-refractivity contribution in [2.24, 2.45) is 0 Å². The summed E-state index contributed by atoms with van der Waals surface area (Å²) in [5.41, 5.74) is 1.29. The number of methoxy groups -OCH3 is 1. The molecular formula is C12H16BrNO3S. The monoisotopic (exact) mass is 333 g/mol. The van der Waals surface area contributed by atoms with Crippen molar-refractivity contribution >= 4 is 33.2 Å². The van der Waals surface area contributed by atoms with Crippen LogP contribution in [0, 0.1) is 0 Å². The number of hydrogen-bond donors (Lipinski definition) is 0. The van der Waals surface area contributed by atoms with Gasteiger partial charge in [0.2, 0.25) is 0 Å². The molecule has 1 aromatic heterocycles. The minimum Gasteiger partial charge on any atom is -0.469 e. The van der Waals surface area contributed by atoms with Crippen LogP contribution in [0.25, 0.3) is 0 Å². The first-order chi connectivity index (χ1) is 8.69. The zero-order valence-corrected chi connectivity index (χ0v) is 12.6. The van der Waals surface area contributed by atoms with Gasteiger partial charge in [-0.2, -0.15) is 11.3 Å². The number of halogens is 1. The molecule has 100 valence electrons. The number of carbonyl (C=O) groups is 1. The van der Waals surface area contributed by atoms with Crippen molar-refractivity contribution in [3.05, 3.63) is 20.8 Å². The maximum absolute atomic E-state index is 11.2. The Morgan fingerprint density at radius 1 is 1.67 bits per heavy atom. The molecule has 1 atom stereocenters. The van der Waals surface area contributed by atoms with Gasteiger partial charge in [-0.05, 0) is 26.9 Å². The second-order valence-electron chi connectivity index (χ2n) is 4.25. The van der Waals surface area contributed by atoms with Gasteiger partial charge in [-0.1, -0.05) is 0 Å². The Morgan fingerprint density at radius 3 is 3.17 bits per heavy atom. The smallest absolute Gasteiger partial charge is 0.308 e. The highest BCUT2D eigenvalue weighted by Gasteiger charge is 2.23. The van der Waals surface area contributed by atoms with Gasteiger partial charge in [-0.15, -0.1) is 0 Å². The third-order valence-electron chi connectivity index (χ3n) is 2.93. The van der Waals surface area contributed by atoms with Crippen LogP contribution < -0.4 is 0 Å². The minimum absolute atomic E-state index is 0.0522. The Kier molecular flexibility index (Phi) is 5.17. The van der Waals surface area contributed by atoms with E-state index < -0.39 is 0 Å². The van der Waals surface area contributed by atoms with Gasteiger partial charge in [0.15, 0.2) is 0 Å². The maximum atomic E-state index is 11.2. The fourth-order valence-electron chi connectivity index (χ4n) is 1.98. The van der Waals surface area contributed by atoms with Crippen LogP contribution in [-0.4, -0.2) is 43.8 Å². The molecule has 0 aliphatic carbocycles. The van der Waals surface area contributed by atoms with Crippen LogP contribution in [0.2, 0.25) is 0 Å². The Bertz CT molecular complexity index is 410. The number of carbonyl (C=O) groups excluding carboxylic acids is 1. The molecule has 2 rings (SSSR count). The summed E-state index contributed by atoms with van der Waals surface area (Å²) in [5, 5.41) is 4.23. The lowest BCUT2D eigenvalue weighted by Crippen LogP contribution is -2.42. The van der Waals surface area contributed by atoms with Gasteiger partial charge in [0.05, 0.1) is 26.2 Å². The summed E-state index contributed by atoms with van der Waals surface area (Å²) in [6.45, 7) is 3.24. The van der Waals surface area contributed by atoms with Crippen LogP contribution >= 0.6 is 27.3 Å². The Hall–Kier alpha value is -0.430. The second kappa shape index (κ2) is 6.65. The van der Waals surface area contributed by atoms with Crippen molar-refractivity contribution in [3.63, 3.8) is 0 Å². The first-order valence-electron chi connectivity index (χ1n) is 5.80. The fraction of sp³-hybridized carbons (Fsp3) is 0.583. The van der Waals surface area contributed by atoms with E-state index in [1.54, 1.807) is 11.3 Å². The van der Waals surface area contributed by atoms with Crippen molar-refractivity contribution < 1.29 is 14.3 Å². The lowest BCUT2D eigenvalue weighted by Gasteiger charge is -2.32. The quantitative estimate of drug-likeness (QED) is 0.792. The van der Waals surface area contributed by atoms with Crippen molar-refractivity contribution in [2.75, 3.05) is 26.8 Å². The highest BCUT2D eigenvalue weighted by atomic mass is 79.9. The van der Waals surface area contributed by atoms with E-state index in [0.29, 0.717) is 13.0 Å². The summed E-state index contributed by atoms with van der Waals surface area (Å²) in [6, 6.07) is 0. The van der Waals surface area contributed by atoms with Crippen LogP contribution in [0.5, 0.6) is 0 Å². The predicted octanol–water partition coefficient (Wildman–Crippen LogP) is 2.27. The van der Waals surface area contributed by atoms with Gasteiger partial charge in [-0.25, -0.2) is 0 Å². The van der Waals surface area contributed by atoms with Gasteiger partial charge in [0.1, 0.15) is 0 Å². The van der Waals surface area contributed by atoms with Gasteiger partial charge in [0, 0.05) is 29.5 Å². The van der Waals surface area contributed by atoms with Crippen molar-refractivity contribution in [1.82, 2.24) is 4.90 Å². The second-order valence-corrected chi connectivity index (χ2v) is 5.85. The molecule has 0 bridgehead atoms. The Morgan fingerprint density at radius 2 is 2.50 bits per heavy atom. The average molecular weight is 334 g/mol. The van der Waals surface area contributed by atoms with E-state index in [1.165, 1.54) is 12.7 Å². The molecule has 0 aromatic carbocycles. The lowest BCUT2D eigenvalue weighted by atomic mass is 10.2. The number of nitrogens with zero attached hydrogens (tertiary/aromatic N) is 1. The van der Waals surface area contributed by atoms with Crippen molar-refractivity contribution in [2.45, 2.75) is 19.1 Å². The molecule has 0 saturated carbocycles.